The van der Waals surface area contributed by atoms with Crippen LogP contribution in [0.25, 0.3) is 0 Å². The molecule has 1 aromatic heterocycles. The second-order valence-electron chi connectivity index (χ2n) is 4.76. The Morgan fingerprint density at radius 1 is 1.11 bits per heavy atom. The SMILES string of the molecule is CNc1ncnc(N(C)c2ccccc2)c1C(C)C. The molecule has 2 aromatic rings. The summed E-state index contributed by atoms with van der Waals surface area (Å²) >= 11 is 0. The number of aromatic nitrogens is 2. The molecule has 0 aliphatic rings. The lowest BCUT2D eigenvalue weighted by Gasteiger charge is -2.24. The summed E-state index contributed by atoms with van der Waals surface area (Å²) in [6, 6.07) is 10.2. The lowest BCUT2D eigenvalue weighted by atomic mass is 10.0. The number of rotatable bonds is 4. The molecule has 0 spiro atoms. The van der Waals surface area contributed by atoms with E-state index in [9.17, 15) is 0 Å². The van der Waals surface area contributed by atoms with Gasteiger partial charge in [-0.3, -0.25) is 0 Å². The second-order valence-corrected chi connectivity index (χ2v) is 4.76. The van der Waals surface area contributed by atoms with Crippen LogP contribution < -0.4 is 10.2 Å². The first kappa shape index (κ1) is 13.3. The molecule has 0 fully saturated rings. The molecule has 2 rings (SSSR count). The van der Waals surface area contributed by atoms with Gasteiger partial charge in [-0.25, -0.2) is 9.97 Å². The van der Waals surface area contributed by atoms with Crippen molar-refractivity contribution in [2.45, 2.75) is 19.8 Å². The van der Waals surface area contributed by atoms with Gasteiger partial charge in [0.15, 0.2) is 0 Å². The maximum Gasteiger partial charge on any atom is 0.141 e. The van der Waals surface area contributed by atoms with Crippen molar-refractivity contribution < 1.29 is 0 Å². The minimum Gasteiger partial charge on any atom is -0.373 e. The van der Waals surface area contributed by atoms with E-state index in [2.05, 4.69) is 46.2 Å². The van der Waals surface area contributed by atoms with Crippen LogP contribution in [0.5, 0.6) is 0 Å². The first-order valence-corrected chi connectivity index (χ1v) is 6.46. The van der Waals surface area contributed by atoms with Gasteiger partial charge in [0.1, 0.15) is 18.0 Å². The van der Waals surface area contributed by atoms with Gasteiger partial charge in [0.05, 0.1) is 0 Å². The Hall–Kier alpha value is -2.10. The number of para-hydroxylation sites is 1. The van der Waals surface area contributed by atoms with Crippen LogP contribution in [0.15, 0.2) is 36.7 Å². The van der Waals surface area contributed by atoms with Crippen LogP contribution in [-0.4, -0.2) is 24.1 Å². The quantitative estimate of drug-likeness (QED) is 0.910. The highest BCUT2D eigenvalue weighted by Gasteiger charge is 2.17. The van der Waals surface area contributed by atoms with E-state index in [0.29, 0.717) is 5.92 Å². The van der Waals surface area contributed by atoms with E-state index in [0.717, 1.165) is 22.9 Å². The van der Waals surface area contributed by atoms with Gasteiger partial charge >= 0.3 is 0 Å². The highest BCUT2D eigenvalue weighted by Crippen LogP contribution is 2.33. The average Bonchev–Trinajstić information content (AvgIpc) is 2.46. The molecular weight excluding hydrogens is 236 g/mol. The summed E-state index contributed by atoms with van der Waals surface area (Å²) in [4.78, 5) is 10.9. The van der Waals surface area contributed by atoms with Crippen LogP contribution in [0.3, 0.4) is 0 Å². The van der Waals surface area contributed by atoms with Crippen molar-refractivity contribution >= 4 is 17.3 Å². The molecule has 4 heteroatoms. The fourth-order valence-corrected chi connectivity index (χ4v) is 2.16. The van der Waals surface area contributed by atoms with Crippen LogP contribution >= 0.6 is 0 Å². The maximum absolute atomic E-state index is 4.46. The summed E-state index contributed by atoms with van der Waals surface area (Å²) in [5.74, 6) is 2.19. The summed E-state index contributed by atoms with van der Waals surface area (Å²) in [5.41, 5.74) is 2.25. The minimum atomic E-state index is 0.352. The number of hydrogen-bond donors (Lipinski definition) is 1. The van der Waals surface area contributed by atoms with Gasteiger partial charge in [-0.05, 0) is 18.1 Å². The Bertz CT molecular complexity index is 537. The van der Waals surface area contributed by atoms with E-state index in [1.807, 2.05) is 32.3 Å². The first-order valence-electron chi connectivity index (χ1n) is 6.46. The maximum atomic E-state index is 4.46. The highest BCUT2D eigenvalue weighted by molar-refractivity contribution is 5.67. The first-order chi connectivity index (χ1) is 9.15. The molecule has 0 saturated carbocycles. The van der Waals surface area contributed by atoms with E-state index in [1.165, 1.54) is 0 Å². The van der Waals surface area contributed by atoms with E-state index < -0.39 is 0 Å². The fraction of sp³-hybridized carbons (Fsp3) is 0.333. The lowest BCUT2D eigenvalue weighted by Crippen LogP contribution is -2.16. The van der Waals surface area contributed by atoms with Crippen molar-refractivity contribution in [1.29, 1.82) is 0 Å². The summed E-state index contributed by atoms with van der Waals surface area (Å²) in [5, 5.41) is 3.15. The number of anilines is 3. The average molecular weight is 256 g/mol. The van der Waals surface area contributed by atoms with Crippen LogP contribution in [-0.2, 0) is 0 Å². The second kappa shape index (κ2) is 5.69. The Morgan fingerprint density at radius 3 is 2.37 bits per heavy atom. The van der Waals surface area contributed by atoms with Crippen molar-refractivity contribution in [1.82, 2.24) is 9.97 Å². The zero-order chi connectivity index (χ0) is 13.8. The van der Waals surface area contributed by atoms with Crippen LogP contribution in [0.1, 0.15) is 25.3 Å². The van der Waals surface area contributed by atoms with Crippen molar-refractivity contribution in [3.63, 3.8) is 0 Å². The smallest absolute Gasteiger partial charge is 0.141 e. The van der Waals surface area contributed by atoms with Gasteiger partial charge in [0.2, 0.25) is 0 Å². The van der Waals surface area contributed by atoms with Crippen molar-refractivity contribution in [3.05, 3.63) is 42.2 Å². The van der Waals surface area contributed by atoms with Gasteiger partial charge in [0.25, 0.3) is 0 Å². The predicted octanol–water partition coefficient (Wildman–Crippen LogP) is 3.41. The molecule has 0 atom stereocenters. The van der Waals surface area contributed by atoms with E-state index in [4.69, 9.17) is 0 Å². The fourth-order valence-electron chi connectivity index (χ4n) is 2.16. The molecular formula is C15H20N4. The largest absolute Gasteiger partial charge is 0.373 e. The van der Waals surface area contributed by atoms with Crippen LogP contribution in [0.4, 0.5) is 17.3 Å². The molecule has 0 aliphatic carbocycles. The molecule has 0 unspecified atom stereocenters. The topological polar surface area (TPSA) is 41.1 Å². The van der Waals surface area contributed by atoms with E-state index in [-0.39, 0.29) is 0 Å². The van der Waals surface area contributed by atoms with Crippen LogP contribution in [0.2, 0.25) is 0 Å². The standard InChI is InChI=1S/C15H20N4/c1-11(2)13-14(16-3)17-10-18-15(13)19(4)12-8-6-5-7-9-12/h5-11H,1-4H3,(H,16,17,18). The molecule has 1 heterocycles. The van der Waals surface area contributed by atoms with Crippen LogP contribution in [0, 0.1) is 0 Å². The third-order valence-electron chi connectivity index (χ3n) is 3.14. The molecule has 0 bridgehead atoms. The molecule has 4 nitrogen and oxygen atoms in total. The van der Waals surface area contributed by atoms with Crippen molar-refractivity contribution in [2.75, 3.05) is 24.3 Å². The molecule has 0 radical (unpaired) electrons. The molecule has 0 aliphatic heterocycles. The van der Waals surface area contributed by atoms with Gasteiger partial charge in [-0.2, -0.15) is 0 Å². The van der Waals surface area contributed by atoms with Gasteiger partial charge in [-0.1, -0.05) is 32.0 Å². The molecule has 1 N–H and O–H groups in total. The van der Waals surface area contributed by atoms with Crippen molar-refractivity contribution in [3.8, 4) is 0 Å². The molecule has 100 valence electrons. The Labute approximate surface area is 114 Å². The molecule has 0 amide bonds. The van der Waals surface area contributed by atoms with Gasteiger partial charge in [0, 0.05) is 25.3 Å². The number of nitrogens with zero attached hydrogens (tertiary/aromatic N) is 3. The van der Waals surface area contributed by atoms with Gasteiger partial charge in [-0.15, -0.1) is 0 Å². The third-order valence-corrected chi connectivity index (χ3v) is 3.14. The Morgan fingerprint density at radius 2 is 1.79 bits per heavy atom. The zero-order valence-electron chi connectivity index (χ0n) is 11.9. The number of nitrogens with one attached hydrogen (secondary N) is 1. The number of benzene rings is 1. The summed E-state index contributed by atoms with van der Waals surface area (Å²) < 4.78 is 0. The Balaban J connectivity index is 2.50. The summed E-state index contributed by atoms with van der Waals surface area (Å²) in [6.07, 6.45) is 1.60. The zero-order valence-corrected chi connectivity index (χ0v) is 11.9. The van der Waals surface area contributed by atoms with E-state index >= 15 is 0 Å². The summed E-state index contributed by atoms with van der Waals surface area (Å²) in [7, 11) is 3.92. The lowest BCUT2D eigenvalue weighted by molar-refractivity contribution is 0.841. The minimum absolute atomic E-state index is 0.352. The Kier molecular flexibility index (Phi) is 4.00. The van der Waals surface area contributed by atoms with E-state index in [1.54, 1.807) is 6.33 Å². The molecule has 19 heavy (non-hydrogen) atoms. The highest BCUT2D eigenvalue weighted by atomic mass is 15.2. The molecule has 0 saturated heterocycles. The normalized spacial score (nSPS) is 10.6. The number of hydrogen-bond acceptors (Lipinski definition) is 4. The van der Waals surface area contributed by atoms with Crippen molar-refractivity contribution in [2.24, 2.45) is 0 Å². The predicted molar refractivity (Wildman–Crippen MR) is 80.2 cm³/mol. The summed E-state index contributed by atoms with van der Waals surface area (Å²) in [6.45, 7) is 4.31. The monoisotopic (exact) mass is 256 g/mol. The molecule has 1 aromatic carbocycles. The van der Waals surface area contributed by atoms with Gasteiger partial charge < -0.3 is 10.2 Å². The third kappa shape index (κ3) is 2.67.